The first-order valence-electron chi connectivity index (χ1n) is 9.83. The van der Waals surface area contributed by atoms with Crippen LogP contribution in [-0.4, -0.2) is 48.9 Å². The highest BCUT2D eigenvalue weighted by Crippen LogP contribution is 2.32. The molecule has 11 heteroatoms. The molecule has 174 valence electrons. The summed E-state index contributed by atoms with van der Waals surface area (Å²) in [4.78, 5) is 25.8. The smallest absolute Gasteiger partial charge is 0.263 e. The average Bonchev–Trinajstić information content (AvgIpc) is 2.96. The summed E-state index contributed by atoms with van der Waals surface area (Å²) >= 11 is 0. The summed E-state index contributed by atoms with van der Waals surface area (Å²) in [5, 5.41) is 9.25. The lowest BCUT2D eigenvalue weighted by molar-refractivity contribution is -0.133. The van der Waals surface area contributed by atoms with Gasteiger partial charge in [-0.3, -0.25) is 14.8 Å². The van der Waals surface area contributed by atoms with E-state index in [1.54, 1.807) is 6.92 Å². The van der Waals surface area contributed by atoms with Gasteiger partial charge < -0.3 is 9.64 Å². The van der Waals surface area contributed by atoms with Gasteiger partial charge in [-0.25, -0.2) is 18.3 Å². The van der Waals surface area contributed by atoms with Crippen LogP contribution in [0.25, 0.3) is 0 Å². The molecule has 2 aromatic rings. The second-order valence-corrected chi connectivity index (χ2v) is 9.02. The first-order chi connectivity index (χ1) is 15.7. The summed E-state index contributed by atoms with van der Waals surface area (Å²) in [5.41, 5.74) is 1.93. The van der Waals surface area contributed by atoms with Crippen LogP contribution in [0.15, 0.2) is 47.4 Å². The predicted octanol–water partition coefficient (Wildman–Crippen LogP) is 1.66. The molecule has 0 saturated carbocycles. The summed E-state index contributed by atoms with van der Waals surface area (Å²) in [7, 11) is -4.32. The van der Waals surface area contributed by atoms with Gasteiger partial charge in [-0.1, -0.05) is 5.92 Å². The van der Waals surface area contributed by atoms with Gasteiger partial charge in [0.05, 0.1) is 11.4 Å². The largest absolute Gasteiger partial charge is 0.481 e. The molecule has 0 radical (unpaired) electrons. The number of rotatable bonds is 5. The van der Waals surface area contributed by atoms with Crippen molar-refractivity contribution in [1.82, 2.24) is 9.79 Å². The van der Waals surface area contributed by atoms with Crippen molar-refractivity contribution >= 4 is 27.5 Å². The maximum Gasteiger partial charge on any atom is 0.263 e. The van der Waals surface area contributed by atoms with E-state index in [1.165, 1.54) is 47.6 Å². The zero-order chi connectivity index (χ0) is 24.2. The van der Waals surface area contributed by atoms with Gasteiger partial charge in [0.15, 0.2) is 0 Å². The van der Waals surface area contributed by atoms with E-state index in [9.17, 15) is 27.6 Å². The topological polar surface area (TPSA) is 116 Å². The molecule has 2 N–H and O–H groups in total. The molecule has 1 aliphatic heterocycles. The number of ether oxygens (including phenoxy) is 1. The number of nitrogens with zero attached hydrogens (tertiary/aromatic N) is 2. The maximum absolute atomic E-state index is 14.0. The van der Waals surface area contributed by atoms with Crippen LogP contribution in [0.4, 0.5) is 10.1 Å². The Morgan fingerprint density at radius 1 is 1.24 bits per heavy atom. The van der Waals surface area contributed by atoms with Crippen LogP contribution in [-0.2, 0) is 26.2 Å². The number of hydrogen-bond acceptors (Lipinski definition) is 6. The molecule has 3 rings (SSSR count). The molecule has 1 heterocycles. The molecule has 0 spiro atoms. The van der Waals surface area contributed by atoms with E-state index in [2.05, 4.69) is 11.8 Å². The second kappa shape index (κ2) is 9.99. The van der Waals surface area contributed by atoms with Crippen molar-refractivity contribution in [2.75, 3.05) is 18.1 Å². The molecule has 2 aromatic carbocycles. The Morgan fingerprint density at radius 3 is 2.55 bits per heavy atom. The van der Waals surface area contributed by atoms with E-state index >= 15 is 0 Å². The number of nitrogens with one attached hydrogen (secondary N) is 1. The van der Waals surface area contributed by atoms with Gasteiger partial charge in [-0.15, -0.1) is 5.92 Å². The molecular formula is C22H22FN3O6S. The lowest BCUT2D eigenvalue weighted by Crippen LogP contribution is -2.53. The number of carbonyl (C=O) groups excluding carboxylic acids is 2. The molecule has 0 aliphatic carbocycles. The van der Waals surface area contributed by atoms with Crippen LogP contribution in [0, 0.1) is 17.7 Å². The number of amides is 2. The van der Waals surface area contributed by atoms with Crippen molar-refractivity contribution in [3.05, 3.63) is 53.8 Å². The number of anilines is 1. The van der Waals surface area contributed by atoms with Crippen molar-refractivity contribution in [3.8, 4) is 17.6 Å². The molecule has 0 aromatic heterocycles. The van der Waals surface area contributed by atoms with E-state index < -0.39 is 40.2 Å². The van der Waals surface area contributed by atoms with Crippen LogP contribution >= 0.6 is 0 Å². The lowest BCUT2D eigenvalue weighted by atomic mass is 10.1. The van der Waals surface area contributed by atoms with Gasteiger partial charge in [0.1, 0.15) is 24.2 Å². The summed E-state index contributed by atoms with van der Waals surface area (Å²) in [6.45, 7) is 2.26. The molecule has 1 unspecified atom stereocenters. The Labute approximate surface area is 190 Å². The van der Waals surface area contributed by atoms with Gasteiger partial charge in [0, 0.05) is 19.2 Å². The number of fused-ring (bicyclic) bond motifs is 1. The molecule has 9 nitrogen and oxygen atoms in total. The molecule has 0 saturated heterocycles. The van der Waals surface area contributed by atoms with Crippen molar-refractivity contribution in [2.24, 2.45) is 0 Å². The van der Waals surface area contributed by atoms with Crippen molar-refractivity contribution in [2.45, 2.75) is 31.3 Å². The number of sulfonamides is 1. The fourth-order valence-electron chi connectivity index (χ4n) is 3.46. The van der Waals surface area contributed by atoms with E-state index in [1.807, 2.05) is 0 Å². The highest BCUT2D eigenvalue weighted by atomic mass is 32.2. The number of carbonyl (C=O) groups is 2. The average molecular weight is 475 g/mol. The molecule has 1 aliphatic rings. The molecular weight excluding hydrogens is 453 g/mol. The van der Waals surface area contributed by atoms with Gasteiger partial charge in [0.25, 0.3) is 5.91 Å². The van der Waals surface area contributed by atoms with E-state index in [0.29, 0.717) is 5.75 Å². The molecule has 33 heavy (non-hydrogen) atoms. The molecule has 0 fully saturated rings. The zero-order valence-corrected chi connectivity index (χ0v) is 18.7. The quantitative estimate of drug-likeness (QED) is 0.386. The Balaban J connectivity index is 2.06. The normalized spacial score (nSPS) is 16.1. The number of halogens is 1. The fourth-order valence-corrected chi connectivity index (χ4v) is 5.02. The Bertz CT molecular complexity index is 1220. The van der Waals surface area contributed by atoms with E-state index in [-0.39, 0.29) is 29.3 Å². The van der Waals surface area contributed by atoms with E-state index in [0.717, 1.165) is 16.4 Å². The third-order valence-electron chi connectivity index (χ3n) is 5.07. The Hall–Kier alpha value is -3.46. The monoisotopic (exact) mass is 475 g/mol. The standard InChI is InChI=1S/C22H22FN3O6S/c1-3-4-11-32-18-6-8-19(9-7-18)33(30,31)26-13-16-12-17(23)5-10-20(16)25(15(2)27)14-21(26)22(28)24-29/h5-10,12,21,29H,11,13-14H2,1-2H3,(H,24,28). The van der Waals surface area contributed by atoms with Gasteiger partial charge in [0.2, 0.25) is 15.9 Å². The minimum Gasteiger partial charge on any atom is -0.481 e. The van der Waals surface area contributed by atoms with Crippen molar-refractivity contribution < 1.29 is 32.3 Å². The van der Waals surface area contributed by atoms with Crippen LogP contribution in [0.1, 0.15) is 19.4 Å². The van der Waals surface area contributed by atoms with Crippen LogP contribution in [0.5, 0.6) is 5.75 Å². The Kier molecular flexibility index (Phi) is 7.33. The first kappa shape index (κ1) is 24.2. The summed E-state index contributed by atoms with van der Waals surface area (Å²) in [5.74, 6) is 3.66. The highest BCUT2D eigenvalue weighted by molar-refractivity contribution is 7.89. The molecule has 1 atom stereocenters. The summed E-state index contributed by atoms with van der Waals surface area (Å²) in [6.07, 6.45) is 0. The predicted molar refractivity (Wildman–Crippen MR) is 116 cm³/mol. The van der Waals surface area contributed by atoms with Crippen molar-refractivity contribution in [3.63, 3.8) is 0 Å². The number of hydroxylamine groups is 1. The van der Waals surface area contributed by atoms with Crippen LogP contribution < -0.4 is 15.1 Å². The summed E-state index contributed by atoms with van der Waals surface area (Å²) in [6, 6.07) is 7.62. The molecule has 2 amide bonds. The van der Waals surface area contributed by atoms with E-state index in [4.69, 9.17) is 4.74 Å². The highest BCUT2D eigenvalue weighted by Gasteiger charge is 2.41. The molecule has 0 bridgehead atoms. The van der Waals surface area contributed by atoms with Crippen LogP contribution in [0.3, 0.4) is 0 Å². The Morgan fingerprint density at radius 2 is 1.94 bits per heavy atom. The minimum absolute atomic E-state index is 0.136. The SMILES string of the molecule is CC#CCOc1ccc(S(=O)(=O)N2Cc3cc(F)ccc3N(C(C)=O)CC2C(=O)NO)cc1. The van der Waals surface area contributed by atoms with Gasteiger partial charge in [-0.2, -0.15) is 4.31 Å². The van der Waals surface area contributed by atoms with Crippen molar-refractivity contribution in [1.29, 1.82) is 0 Å². The number of benzene rings is 2. The lowest BCUT2D eigenvalue weighted by Gasteiger charge is -2.29. The zero-order valence-electron chi connectivity index (χ0n) is 17.9. The third kappa shape index (κ3) is 5.14. The third-order valence-corrected chi connectivity index (χ3v) is 6.94. The summed E-state index contributed by atoms with van der Waals surface area (Å²) < 4.78 is 47.2. The minimum atomic E-state index is -4.32. The van der Waals surface area contributed by atoms with Gasteiger partial charge in [-0.05, 0) is 55.0 Å². The van der Waals surface area contributed by atoms with Gasteiger partial charge >= 0.3 is 0 Å². The second-order valence-electron chi connectivity index (χ2n) is 7.13. The number of hydrogen-bond donors (Lipinski definition) is 2. The maximum atomic E-state index is 14.0. The fraction of sp³-hybridized carbons (Fsp3) is 0.273. The first-order valence-corrected chi connectivity index (χ1v) is 11.3. The van der Waals surface area contributed by atoms with Crippen LogP contribution in [0.2, 0.25) is 0 Å².